The third-order valence-corrected chi connectivity index (χ3v) is 11.6. The number of esters is 1. The number of ether oxygens (including phenoxy) is 10. The summed E-state index contributed by atoms with van der Waals surface area (Å²) in [6.45, 7) is 16.3. The minimum Gasteiger partial charge on any atom is -0.462 e. The number of carbonyl (C=O) groups excluding carboxylic acids is 1. The van der Waals surface area contributed by atoms with Crippen molar-refractivity contribution in [3.05, 3.63) is 30.3 Å². The van der Waals surface area contributed by atoms with E-state index in [0.29, 0.717) is 39.6 Å². The van der Waals surface area contributed by atoms with Gasteiger partial charge in [-0.05, 0) is 50.7 Å². The molecule has 0 amide bonds. The van der Waals surface area contributed by atoms with E-state index < -0.39 is 54.5 Å². The van der Waals surface area contributed by atoms with Crippen molar-refractivity contribution >= 4 is 33.7 Å². The maximum Gasteiger partial charge on any atom is 0.316 e. The molecule has 57 heavy (non-hydrogen) atoms. The van der Waals surface area contributed by atoms with E-state index in [4.69, 9.17) is 47.4 Å². The Balaban J connectivity index is 2.02. The maximum absolute atomic E-state index is 12.4. The second-order valence-electron chi connectivity index (χ2n) is 14.8. The topological polar surface area (TPSA) is 109 Å². The van der Waals surface area contributed by atoms with Crippen molar-refractivity contribution < 1.29 is 52.2 Å². The zero-order valence-electron chi connectivity index (χ0n) is 35.8. The van der Waals surface area contributed by atoms with Crippen LogP contribution in [0.15, 0.2) is 35.2 Å². The highest BCUT2D eigenvalue weighted by atomic mass is 79.9. The lowest BCUT2D eigenvalue weighted by Gasteiger charge is -2.48. The Morgan fingerprint density at radius 3 is 1.44 bits per heavy atom. The van der Waals surface area contributed by atoms with Crippen LogP contribution in [-0.2, 0) is 52.2 Å². The third kappa shape index (κ3) is 18.0. The lowest BCUT2D eigenvalue weighted by Crippen LogP contribution is -2.63. The molecule has 11 nitrogen and oxygen atoms in total. The lowest BCUT2D eigenvalue weighted by atomic mass is 9.97. The van der Waals surface area contributed by atoms with Crippen molar-refractivity contribution in [2.75, 3.05) is 58.2 Å². The monoisotopic (exact) mass is 890 g/mol. The van der Waals surface area contributed by atoms with Gasteiger partial charge in [0.05, 0.1) is 6.61 Å². The summed E-state index contributed by atoms with van der Waals surface area (Å²) in [7, 11) is 0. The van der Waals surface area contributed by atoms with Gasteiger partial charge in [0.2, 0.25) is 0 Å². The maximum atomic E-state index is 12.4. The molecular formula is C44H75BrO11S. The highest BCUT2D eigenvalue weighted by molar-refractivity contribution is 9.09. The number of hydrogen-bond donors (Lipinski definition) is 0. The molecule has 2 aliphatic heterocycles. The van der Waals surface area contributed by atoms with Gasteiger partial charge in [-0.25, -0.2) is 0 Å². The first-order valence-electron chi connectivity index (χ1n) is 22.0. The molecule has 3 rings (SSSR count). The summed E-state index contributed by atoms with van der Waals surface area (Å²) in [5.74, 6) is -0.386. The Labute approximate surface area is 357 Å². The molecule has 0 bridgehead atoms. The second kappa shape index (κ2) is 31.1. The van der Waals surface area contributed by atoms with E-state index in [1.807, 2.05) is 18.2 Å². The van der Waals surface area contributed by atoms with Crippen LogP contribution in [0.25, 0.3) is 0 Å². The van der Waals surface area contributed by atoms with E-state index in [2.05, 4.69) is 69.6 Å². The zero-order valence-corrected chi connectivity index (χ0v) is 38.2. The van der Waals surface area contributed by atoms with Crippen molar-refractivity contribution in [2.45, 2.75) is 184 Å². The highest BCUT2D eigenvalue weighted by Gasteiger charge is 2.52. The molecule has 0 N–H and O–H groups in total. The summed E-state index contributed by atoms with van der Waals surface area (Å²) in [6, 6.07) is 10.3. The number of rotatable bonds is 32. The molecule has 2 saturated heterocycles. The Kier molecular flexibility index (Phi) is 27.5. The minimum atomic E-state index is -0.870. The third-order valence-electron chi connectivity index (χ3n) is 9.97. The quantitative estimate of drug-likeness (QED) is 0.0391. The number of hydrogen-bond acceptors (Lipinski definition) is 12. The average molecular weight is 892 g/mol. The fourth-order valence-electron chi connectivity index (χ4n) is 6.61. The molecule has 1 aromatic rings. The summed E-state index contributed by atoms with van der Waals surface area (Å²) in [5.41, 5.74) is -0.391. The summed E-state index contributed by atoms with van der Waals surface area (Å²) in [4.78, 5) is 13.5. The molecule has 2 heterocycles. The van der Waals surface area contributed by atoms with Crippen LogP contribution in [0.2, 0.25) is 0 Å². The molecule has 2 fully saturated rings. The molecule has 0 spiro atoms. The van der Waals surface area contributed by atoms with Crippen LogP contribution in [0.4, 0.5) is 0 Å². The van der Waals surface area contributed by atoms with Crippen LogP contribution in [0, 0.1) is 0 Å². The molecule has 10 atom stereocenters. The van der Waals surface area contributed by atoms with E-state index in [1.54, 1.807) is 11.8 Å². The molecule has 6 unspecified atom stereocenters. The van der Waals surface area contributed by atoms with Gasteiger partial charge in [0, 0.05) is 44.5 Å². The molecular weight excluding hydrogens is 816 g/mol. The number of halogens is 1. The van der Waals surface area contributed by atoms with E-state index >= 15 is 0 Å². The normalized spacial score (nSPS) is 27.8. The molecule has 0 aromatic heterocycles. The van der Waals surface area contributed by atoms with Gasteiger partial charge in [-0.3, -0.25) is 4.79 Å². The van der Waals surface area contributed by atoms with E-state index in [-0.39, 0.29) is 30.6 Å². The van der Waals surface area contributed by atoms with Gasteiger partial charge in [-0.1, -0.05) is 126 Å². The predicted octanol–water partition coefficient (Wildman–Crippen LogP) is 9.30. The van der Waals surface area contributed by atoms with Gasteiger partial charge in [0.25, 0.3) is 0 Å². The Bertz CT molecular complexity index is 1140. The standard InChI is InChI=1S/C44H75BrO11S/c1-7-13-24-47-37-34(31-53-36(46)30-45)55-43(41(51-28-17-11-5)39(37)49-26-15-9-3)54-32-35-38(48-25-14-8-2)40(50-27-16-10-4)42(52-29-18-12-6)44(56-35)57-33-22-20-19-21-23-33/h19-23,34-35,37-44H,7-18,24-32H2,1-6H3/t34?,35?,37-,38-,39?,40?,41?,42?,43-,44+/m1/s1. The minimum absolute atomic E-state index is 0.0149. The van der Waals surface area contributed by atoms with Crippen molar-refractivity contribution in [3.63, 3.8) is 0 Å². The van der Waals surface area contributed by atoms with Gasteiger partial charge in [-0.15, -0.1) is 0 Å². The SMILES string of the molecule is CCCCOC1C(OCCCC)[C@H](OCCCC)C(COC(=O)CBr)O[C@H]1OCC1O[C@@H](Sc2ccccc2)C(OCCCC)C(OCCCC)[C@@H]1OCCCC. The van der Waals surface area contributed by atoms with Crippen LogP contribution in [0.3, 0.4) is 0 Å². The molecule has 2 aliphatic rings. The smallest absolute Gasteiger partial charge is 0.316 e. The first-order chi connectivity index (χ1) is 28.0. The van der Waals surface area contributed by atoms with Crippen molar-refractivity contribution in [1.82, 2.24) is 0 Å². The highest BCUT2D eigenvalue weighted by Crippen LogP contribution is 2.38. The first-order valence-corrected chi connectivity index (χ1v) is 24.0. The van der Waals surface area contributed by atoms with Crippen LogP contribution in [0.5, 0.6) is 0 Å². The average Bonchev–Trinajstić information content (AvgIpc) is 3.22. The van der Waals surface area contributed by atoms with Crippen LogP contribution < -0.4 is 0 Å². The van der Waals surface area contributed by atoms with Gasteiger partial charge in [0.15, 0.2) is 6.29 Å². The molecule has 13 heteroatoms. The Hall–Kier alpha value is -0.840. The van der Waals surface area contributed by atoms with E-state index in [0.717, 1.165) is 81.9 Å². The van der Waals surface area contributed by atoms with Gasteiger partial charge in [0.1, 0.15) is 66.2 Å². The molecule has 0 saturated carbocycles. The van der Waals surface area contributed by atoms with Gasteiger partial charge >= 0.3 is 5.97 Å². The zero-order chi connectivity index (χ0) is 41.1. The van der Waals surface area contributed by atoms with Gasteiger partial charge < -0.3 is 47.4 Å². The van der Waals surface area contributed by atoms with Crippen LogP contribution >= 0.6 is 27.7 Å². The largest absolute Gasteiger partial charge is 0.462 e. The fourth-order valence-corrected chi connectivity index (χ4v) is 7.92. The number of alkyl halides is 1. The first kappa shape index (κ1) is 50.5. The summed E-state index contributed by atoms with van der Waals surface area (Å²) >= 11 is 4.86. The van der Waals surface area contributed by atoms with Gasteiger partial charge in [-0.2, -0.15) is 0 Å². The molecule has 0 radical (unpaired) electrons. The van der Waals surface area contributed by atoms with E-state index in [9.17, 15) is 4.79 Å². The van der Waals surface area contributed by atoms with Crippen molar-refractivity contribution in [1.29, 1.82) is 0 Å². The molecule has 1 aromatic carbocycles. The summed E-state index contributed by atoms with van der Waals surface area (Å²) in [5, 5.41) is 0.0748. The summed E-state index contributed by atoms with van der Waals surface area (Å²) < 4.78 is 66.2. The fraction of sp³-hybridized carbons (Fsp3) is 0.841. The molecule has 0 aliphatic carbocycles. The number of unbranched alkanes of at least 4 members (excludes halogenated alkanes) is 6. The Morgan fingerprint density at radius 2 is 0.965 bits per heavy atom. The number of carbonyl (C=O) groups is 1. The van der Waals surface area contributed by atoms with Crippen LogP contribution in [-0.4, -0.2) is 125 Å². The number of benzene rings is 1. The lowest BCUT2D eigenvalue weighted by molar-refractivity contribution is -0.332. The second-order valence-corrected chi connectivity index (χ2v) is 16.5. The molecule has 330 valence electrons. The number of thioether (sulfide) groups is 1. The summed E-state index contributed by atoms with van der Waals surface area (Å²) in [6.07, 6.45) is 6.37. The van der Waals surface area contributed by atoms with E-state index in [1.165, 1.54) is 0 Å². The predicted molar refractivity (Wildman–Crippen MR) is 228 cm³/mol. The van der Waals surface area contributed by atoms with Crippen molar-refractivity contribution in [2.24, 2.45) is 0 Å². The Morgan fingerprint density at radius 1 is 0.544 bits per heavy atom. The van der Waals surface area contributed by atoms with Crippen molar-refractivity contribution in [3.8, 4) is 0 Å². The van der Waals surface area contributed by atoms with Crippen LogP contribution in [0.1, 0.15) is 119 Å².